The Kier molecular flexibility index (Phi) is 7.43. The summed E-state index contributed by atoms with van der Waals surface area (Å²) in [6, 6.07) is 13.8. The molecule has 11 heteroatoms. The van der Waals surface area contributed by atoms with E-state index in [-0.39, 0.29) is 23.7 Å². The molecule has 0 N–H and O–H groups in total. The Labute approximate surface area is 193 Å². The maximum Gasteiger partial charge on any atom is 0.293 e. The molecule has 2 heterocycles. The molecule has 4 rings (SSSR count). The molecule has 0 radical (unpaired) electrons. The molecule has 0 aromatic heterocycles. The largest absolute Gasteiger partial charge is 0.492 e. The average molecular weight is 477 g/mol. The third-order valence-corrected chi connectivity index (χ3v) is 7.78. The van der Waals surface area contributed by atoms with Crippen molar-refractivity contribution in [3.05, 3.63) is 58.6 Å². The molecule has 0 atom stereocenters. The lowest BCUT2D eigenvalue weighted by atomic mass is 10.2. The Morgan fingerprint density at radius 1 is 0.970 bits per heavy atom. The fraction of sp³-hybridized carbons (Fsp3) is 0.455. The number of nitro benzene ring substituents is 1. The number of benzene rings is 2. The SMILES string of the molecule is O=[N+]([O-])c1cc(S(=O)(=O)N2CCOCC2)ccc1N1CCN(CCOc2ccccc2)CC1. The van der Waals surface area contributed by atoms with E-state index in [2.05, 4.69) is 4.90 Å². The van der Waals surface area contributed by atoms with Crippen LogP contribution < -0.4 is 9.64 Å². The van der Waals surface area contributed by atoms with Crippen LogP contribution in [0.25, 0.3) is 0 Å². The van der Waals surface area contributed by atoms with Crippen LogP contribution in [0.15, 0.2) is 53.4 Å². The zero-order valence-corrected chi connectivity index (χ0v) is 19.2. The fourth-order valence-electron chi connectivity index (χ4n) is 4.04. The maximum absolute atomic E-state index is 12.9. The smallest absolute Gasteiger partial charge is 0.293 e. The highest BCUT2D eigenvalue weighted by Gasteiger charge is 2.30. The van der Waals surface area contributed by atoms with Crippen LogP contribution in [0.1, 0.15) is 0 Å². The Hall–Kier alpha value is -2.73. The van der Waals surface area contributed by atoms with Crippen molar-refractivity contribution in [2.24, 2.45) is 0 Å². The number of hydrogen-bond acceptors (Lipinski definition) is 8. The highest BCUT2D eigenvalue weighted by Crippen LogP contribution is 2.32. The van der Waals surface area contributed by atoms with Crippen molar-refractivity contribution in [1.82, 2.24) is 9.21 Å². The number of piperazine rings is 1. The first kappa shape index (κ1) is 23.4. The van der Waals surface area contributed by atoms with Crippen molar-refractivity contribution in [2.45, 2.75) is 4.90 Å². The number of ether oxygens (including phenoxy) is 2. The van der Waals surface area contributed by atoms with Crippen LogP contribution in [0, 0.1) is 10.1 Å². The summed E-state index contributed by atoms with van der Waals surface area (Å²) >= 11 is 0. The molecule has 2 aliphatic heterocycles. The molecule has 0 amide bonds. The van der Waals surface area contributed by atoms with Gasteiger partial charge in [0.15, 0.2) is 0 Å². The summed E-state index contributed by atoms with van der Waals surface area (Å²) in [5, 5.41) is 11.8. The minimum Gasteiger partial charge on any atom is -0.492 e. The number of anilines is 1. The van der Waals surface area contributed by atoms with Gasteiger partial charge in [-0.05, 0) is 24.3 Å². The lowest BCUT2D eigenvalue weighted by Crippen LogP contribution is -2.47. The highest BCUT2D eigenvalue weighted by atomic mass is 32.2. The molecule has 2 aromatic rings. The molecular formula is C22H28N4O6S. The molecule has 2 aliphatic rings. The topological polar surface area (TPSA) is 105 Å². The number of morpholine rings is 1. The van der Waals surface area contributed by atoms with Crippen LogP contribution in [0.4, 0.5) is 11.4 Å². The zero-order chi connectivity index (χ0) is 23.3. The van der Waals surface area contributed by atoms with Gasteiger partial charge in [0.2, 0.25) is 10.0 Å². The van der Waals surface area contributed by atoms with Gasteiger partial charge in [-0.15, -0.1) is 0 Å². The monoisotopic (exact) mass is 476 g/mol. The maximum atomic E-state index is 12.9. The van der Waals surface area contributed by atoms with Crippen molar-refractivity contribution in [3.63, 3.8) is 0 Å². The van der Waals surface area contributed by atoms with Gasteiger partial charge in [-0.25, -0.2) is 8.42 Å². The molecule has 0 bridgehead atoms. The summed E-state index contributed by atoms with van der Waals surface area (Å²) in [5.41, 5.74) is 0.256. The van der Waals surface area contributed by atoms with Crippen LogP contribution in [0.2, 0.25) is 0 Å². The number of nitrogens with zero attached hydrogens (tertiary/aromatic N) is 4. The van der Waals surface area contributed by atoms with Gasteiger partial charge >= 0.3 is 0 Å². The Balaban J connectivity index is 1.39. The van der Waals surface area contributed by atoms with E-state index < -0.39 is 14.9 Å². The van der Waals surface area contributed by atoms with Crippen molar-refractivity contribution < 1.29 is 22.8 Å². The molecule has 0 unspecified atom stereocenters. The second-order valence-electron chi connectivity index (χ2n) is 7.91. The van der Waals surface area contributed by atoms with Crippen LogP contribution in [-0.2, 0) is 14.8 Å². The summed E-state index contributed by atoms with van der Waals surface area (Å²) in [6.07, 6.45) is 0. The van der Waals surface area contributed by atoms with Gasteiger partial charge in [-0.1, -0.05) is 18.2 Å². The molecule has 178 valence electrons. The molecule has 2 fully saturated rings. The van der Waals surface area contributed by atoms with Gasteiger partial charge in [0.1, 0.15) is 18.0 Å². The van der Waals surface area contributed by atoms with Crippen LogP contribution >= 0.6 is 0 Å². The number of sulfonamides is 1. The van der Waals surface area contributed by atoms with E-state index >= 15 is 0 Å². The van der Waals surface area contributed by atoms with Gasteiger partial charge in [0.25, 0.3) is 5.69 Å². The first-order valence-corrected chi connectivity index (χ1v) is 12.4. The van der Waals surface area contributed by atoms with E-state index in [9.17, 15) is 18.5 Å². The predicted molar refractivity (Wildman–Crippen MR) is 123 cm³/mol. The summed E-state index contributed by atoms with van der Waals surface area (Å²) in [5.74, 6) is 0.832. The molecule has 10 nitrogen and oxygen atoms in total. The second kappa shape index (κ2) is 10.5. The van der Waals surface area contributed by atoms with Crippen molar-refractivity contribution in [3.8, 4) is 5.75 Å². The Morgan fingerprint density at radius 2 is 1.67 bits per heavy atom. The van der Waals surface area contributed by atoms with Crippen molar-refractivity contribution in [1.29, 1.82) is 0 Å². The molecule has 0 saturated carbocycles. The first-order valence-electron chi connectivity index (χ1n) is 11.0. The summed E-state index contributed by atoms with van der Waals surface area (Å²) in [7, 11) is -3.80. The minimum absolute atomic E-state index is 0.0588. The van der Waals surface area contributed by atoms with E-state index in [4.69, 9.17) is 9.47 Å². The third-order valence-electron chi connectivity index (χ3n) is 5.88. The van der Waals surface area contributed by atoms with Gasteiger partial charge in [-0.3, -0.25) is 15.0 Å². The van der Waals surface area contributed by atoms with Crippen molar-refractivity contribution in [2.75, 3.05) is 70.5 Å². The second-order valence-corrected chi connectivity index (χ2v) is 9.85. The van der Waals surface area contributed by atoms with Crippen LogP contribution in [0.3, 0.4) is 0 Å². The molecular weight excluding hydrogens is 448 g/mol. The standard InChI is InChI=1S/C22H28N4O6S/c27-26(28)22-18-20(33(29,30)25-13-15-31-16-14-25)6-7-21(22)24-10-8-23(9-11-24)12-17-32-19-4-2-1-3-5-19/h1-7,18H,8-17H2. The first-order chi connectivity index (χ1) is 15.9. The summed E-state index contributed by atoms with van der Waals surface area (Å²) in [4.78, 5) is 15.4. The van der Waals surface area contributed by atoms with Crippen LogP contribution in [-0.4, -0.2) is 88.2 Å². The molecule has 2 aromatic carbocycles. The predicted octanol–water partition coefficient (Wildman–Crippen LogP) is 1.82. The molecule has 2 saturated heterocycles. The third kappa shape index (κ3) is 5.61. The van der Waals surface area contributed by atoms with Gasteiger partial charge < -0.3 is 14.4 Å². The number of para-hydroxylation sites is 1. The van der Waals surface area contributed by atoms with Gasteiger partial charge in [0.05, 0.1) is 23.0 Å². The fourth-order valence-corrected chi connectivity index (χ4v) is 5.46. The summed E-state index contributed by atoms with van der Waals surface area (Å²) in [6.45, 7) is 5.16. The lowest BCUT2D eigenvalue weighted by molar-refractivity contribution is -0.384. The Bertz CT molecular complexity index is 1050. The van der Waals surface area contributed by atoms with E-state index in [1.165, 1.54) is 16.4 Å². The van der Waals surface area contributed by atoms with Crippen molar-refractivity contribution >= 4 is 21.4 Å². The molecule has 0 aliphatic carbocycles. The zero-order valence-electron chi connectivity index (χ0n) is 18.3. The normalized spacial score (nSPS) is 18.2. The summed E-state index contributed by atoms with van der Waals surface area (Å²) < 4.78 is 38.1. The highest BCUT2D eigenvalue weighted by molar-refractivity contribution is 7.89. The van der Waals surface area contributed by atoms with E-state index in [0.717, 1.165) is 25.4 Å². The Morgan fingerprint density at radius 3 is 2.33 bits per heavy atom. The average Bonchev–Trinajstić information content (AvgIpc) is 2.85. The van der Waals surface area contributed by atoms with E-state index in [1.807, 2.05) is 35.2 Å². The van der Waals surface area contributed by atoms with E-state index in [1.54, 1.807) is 6.07 Å². The number of hydrogen-bond donors (Lipinski definition) is 0. The minimum atomic E-state index is -3.80. The molecule has 0 spiro atoms. The molecule has 33 heavy (non-hydrogen) atoms. The van der Waals surface area contributed by atoms with E-state index in [0.29, 0.717) is 38.6 Å². The van der Waals surface area contributed by atoms with Gasteiger partial charge in [-0.2, -0.15) is 4.31 Å². The number of nitro groups is 1. The quantitative estimate of drug-likeness (QED) is 0.420. The van der Waals surface area contributed by atoms with Crippen LogP contribution in [0.5, 0.6) is 5.75 Å². The number of rotatable bonds is 8. The lowest BCUT2D eigenvalue weighted by Gasteiger charge is -2.35. The van der Waals surface area contributed by atoms with Gasteiger partial charge in [0, 0.05) is 51.9 Å².